The van der Waals surface area contributed by atoms with Crippen molar-refractivity contribution >= 4 is 26.7 Å². The molecule has 2 amide bonds. The lowest BCUT2D eigenvalue weighted by Gasteiger charge is -2.36. The van der Waals surface area contributed by atoms with Crippen LogP contribution >= 0.6 is 0 Å². The van der Waals surface area contributed by atoms with E-state index >= 15 is 0 Å². The molecule has 132 valence electrons. The summed E-state index contributed by atoms with van der Waals surface area (Å²) in [5, 5.41) is 1.10. The van der Waals surface area contributed by atoms with Crippen LogP contribution in [0.25, 0.3) is 0 Å². The topological polar surface area (TPSA) is 86.8 Å². The van der Waals surface area contributed by atoms with E-state index in [9.17, 15) is 18.0 Å². The molecule has 1 aromatic rings. The average Bonchev–Trinajstić information content (AvgIpc) is 2.60. The summed E-state index contributed by atoms with van der Waals surface area (Å²) in [7, 11) is -3.80. The van der Waals surface area contributed by atoms with E-state index in [-0.39, 0.29) is 18.2 Å². The first-order valence-corrected chi connectivity index (χ1v) is 9.58. The number of hydrogen-bond donors (Lipinski definition) is 1. The molecule has 0 aromatic heterocycles. The molecule has 0 aliphatic carbocycles. The number of amides is 2. The Hall–Kier alpha value is -2.09. The van der Waals surface area contributed by atoms with Gasteiger partial charge in [-0.1, -0.05) is 24.6 Å². The minimum atomic E-state index is -3.80. The fraction of sp³-hybridized carbons (Fsp3) is 0.500. The lowest BCUT2D eigenvalue weighted by atomic mass is 10.2. The molecule has 1 heterocycles. The highest BCUT2D eigenvalue weighted by Crippen LogP contribution is 2.17. The number of carbonyl (C=O) groups is 2. The Labute approximate surface area is 142 Å². The molecular formula is C16H23N3O4S. The highest BCUT2D eigenvalue weighted by Gasteiger charge is 2.24. The van der Waals surface area contributed by atoms with Crippen molar-refractivity contribution in [2.24, 2.45) is 0 Å². The van der Waals surface area contributed by atoms with Gasteiger partial charge in [0.25, 0.3) is 0 Å². The lowest BCUT2D eigenvalue weighted by Crippen LogP contribution is -2.51. The van der Waals surface area contributed by atoms with E-state index in [2.05, 4.69) is 34.5 Å². The van der Waals surface area contributed by atoms with Crippen molar-refractivity contribution in [2.75, 3.05) is 43.4 Å². The van der Waals surface area contributed by atoms with E-state index in [0.717, 1.165) is 5.69 Å². The maximum absolute atomic E-state index is 12.1. The van der Waals surface area contributed by atoms with Crippen molar-refractivity contribution in [3.8, 4) is 0 Å². The largest absolute Gasteiger partial charge is 0.368 e. The van der Waals surface area contributed by atoms with E-state index in [1.54, 1.807) is 4.90 Å². The number of sulfone groups is 1. The minimum absolute atomic E-state index is 0.266. The Kier molecular flexibility index (Phi) is 5.82. The third-order valence-corrected chi connectivity index (χ3v) is 5.55. The highest BCUT2D eigenvalue weighted by atomic mass is 32.2. The first kappa shape index (κ1) is 18.3. The number of nitrogens with one attached hydrogen (secondary N) is 1. The molecule has 1 saturated heterocycles. The quantitative estimate of drug-likeness (QED) is 0.865. The monoisotopic (exact) mass is 353 g/mol. The molecule has 1 N–H and O–H groups in total. The van der Waals surface area contributed by atoms with Gasteiger partial charge in [0.15, 0.2) is 0 Å². The first-order valence-electron chi connectivity index (χ1n) is 7.93. The Morgan fingerprint density at radius 2 is 1.67 bits per heavy atom. The normalized spacial score (nSPS) is 15.2. The molecule has 2 rings (SSSR count). The van der Waals surface area contributed by atoms with Gasteiger partial charge < -0.3 is 15.1 Å². The maximum atomic E-state index is 12.1. The zero-order chi connectivity index (χ0) is 17.7. The van der Waals surface area contributed by atoms with Crippen LogP contribution in [0.1, 0.15) is 12.5 Å². The summed E-state index contributed by atoms with van der Waals surface area (Å²) in [6, 6.07) is 8.22. The standard InChI is InChI=1S/C16H23N3O4S/c1-3-24(22,23)16(21)17-12-15(20)19-10-8-18(9-11-19)14-6-4-13(2)5-7-14/h4-7H,3,8-12H2,1-2H3,(H,17,21). The molecule has 0 spiro atoms. The number of piperazine rings is 1. The van der Waals surface area contributed by atoms with Gasteiger partial charge in [-0.3, -0.25) is 9.59 Å². The Morgan fingerprint density at radius 3 is 2.21 bits per heavy atom. The van der Waals surface area contributed by atoms with Crippen LogP contribution in [0.3, 0.4) is 0 Å². The van der Waals surface area contributed by atoms with Crippen LogP contribution in [0, 0.1) is 6.92 Å². The summed E-state index contributed by atoms with van der Waals surface area (Å²) in [5.74, 6) is -0.541. The van der Waals surface area contributed by atoms with Crippen LogP contribution in [0.2, 0.25) is 0 Å². The Bertz CT molecular complexity index is 693. The zero-order valence-electron chi connectivity index (χ0n) is 14.0. The molecule has 1 aromatic carbocycles. The van der Waals surface area contributed by atoms with E-state index in [4.69, 9.17) is 0 Å². The fourth-order valence-corrected chi connectivity index (χ4v) is 3.02. The summed E-state index contributed by atoms with van der Waals surface area (Å²) >= 11 is 0. The van der Waals surface area contributed by atoms with Gasteiger partial charge in [-0.05, 0) is 19.1 Å². The predicted molar refractivity (Wildman–Crippen MR) is 92.8 cm³/mol. The van der Waals surface area contributed by atoms with Crippen LogP contribution in [0.4, 0.5) is 10.5 Å². The van der Waals surface area contributed by atoms with Crippen molar-refractivity contribution in [2.45, 2.75) is 13.8 Å². The van der Waals surface area contributed by atoms with E-state index < -0.39 is 15.1 Å². The molecule has 0 radical (unpaired) electrons. The lowest BCUT2D eigenvalue weighted by molar-refractivity contribution is -0.130. The van der Waals surface area contributed by atoms with E-state index in [0.29, 0.717) is 26.2 Å². The van der Waals surface area contributed by atoms with Crippen molar-refractivity contribution in [1.82, 2.24) is 10.2 Å². The summed E-state index contributed by atoms with van der Waals surface area (Å²) in [6.45, 7) is 5.63. The summed E-state index contributed by atoms with van der Waals surface area (Å²) in [5.41, 5.74) is 2.32. The van der Waals surface area contributed by atoms with Crippen LogP contribution in [0.15, 0.2) is 24.3 Å². The SMILES string of the molecule is CCS(=O)(=O)C(=O)NCC(=O)N1CCN(c2ccc(C)cc2)CC1. The predicted octanol–water partition coefficient (Wildman–Crippen LogP) is 0.788. The second-order valence-electron chi connectivity index (χ2n) is 5.75. The summed E-state index contributed by atoms with van der Waals surface area (Å²) < 4.78 is 22.7. The molecule has 0 unspecified atom stereocenters. The minimum Gasteiger partial charge on any atom is -0.368 e. The Morgan fingerprint density at radius 1 is 1.08 bits per heavy atom. The van der Waals surface area contributed by atoms with Gasteiger partial charge in [0.1, 0.15) is 0 Å². The van der Waals surface area contributed by atoms with E-state index in [1.807, 2.05) is 6.92 Å². The number of hydrogen-bond acceptors (Lipinski definition) is 5. The van der Waals surface area contributed by atoms with Gasteiger partial charge in [0.2, 0.25) is 15.7 Å². The Balaban J connectivity index is 1.82. The van der Waals surface area contributed by atoms with Gasteiger partial charge in [0, 0.05) is 31.9 Å². The third kappa shape index (κ3) is 4.47. The molecular weight excluding hydrogens is 330 g/mol. The van der Waals surface area contributed by atoms with E-state index in [1.165, 1.54) is 12.5 Å². The second kappa shape index (κ2) is 7.65. The van der Waals surface area contributed by atoms with Crippen molar-refractivity contribution in [3.05, 3.63) is 29.8 Å². The molecule has 0 bridgehead atoms. The molecule has 1 fully saturated rings. The zero-order valence-corrected chi connectivity index (χ0v) is 14.8. The molecule has 0 saturated carbocycles. The second-order valence-corrected chi connectivity index (χ2v) is 7.93. The number of rotatable bonds is 4. The number of aryl methyl sites for hydroxylation is 1. The molecule has 1 aliphatic heterocycles. The molecule has 0 atom stereocenters. The van der Waals surface area contributed by atoms with Crippen LogP contribution in [-0.2, 0) is 14.6 Å². The van der Waals surface area contributed by atoms with Crippen LogP contribution < -0.4 is 10.2 Å². The van der Waals surface area contributed by atoms with Gasteiger partial charge in [0.05, 0.1) is 12.3 Å². The smallest absolute Gasteiger partial charge is 0.336 e. The number of anilines is 1. The number of nitrogens with zero attached hydrogens (tertiary/aromatic N) is 2. The van der Waals surface area contributed by atoms with Crippen molar-refractivity contribution < 1.29 is 18.0 Å². The summed E-state index contributed by atoms with van der Waals surface area (Å²) in [6.07, 6.45) is 0. The molecule has 8 heteroatoms. The van der Waals surface area contributed by atoms with Crippen molar-refractivity contribution in [1.29, 1.82) is 0 Å². The molecule has 1 aliphatic rings. The van der Waals surface area contributed by atoms with Gasteiger partial charge in [-0.15, -0.1) is 0 Å². The maximum Gasteiger partial charge on any atom is 0.336 e. The first-order chi connectivity index (χ1) is 11.3. The van der Waals surface area contributed by atoms with Gasteiger partial charge in [-0.25, -0.2) is 8.42 Å². The molecule has 24 heavy (non-hydrogen) atoms. The number of carbonyl (C=O) groups excluding carboxylic acids is 2. The highest BCUT2D eigenvalue weighted by molar-refractivity contribution is 8.05. The van der Waals surface area contributed by atoms with Crippen molar-refractivity contribution in [3.63, 3.8) is 0 Å². The third-order valence-electron chi connectivity index (χ3n) is 4.08. The summed E-state index contributed by atoms with van der Waals surface area (Å²) in [4.78, 5) is 27.4. The fourth-order valence-electron chi connectivity index (χ4n) is 2.47. The number of benzene rings is 1. The van der Waals surface area contributed by atoms with Crippen LogP contribution in [0.5, 0.6) is 0 Å². The van der Waals surface area contributed by atoms with Crippen LogP contribution in [-0.4, -0.2) is 62.9 Å². The average molecular weight is 353 g/mol. The van der Waals surface area contributed by atoms with Gasteiger partial charge in [-0.2, -0.15) is 0 Å². The van der Waals surface area contributed by atoms with Gasteiger partial charge >= 0.3 is 5.24 Å². The molecule has 7 nitrogen and oxygen atoms in total.